The van der Waals surface area contributed by atoms with Gasteiger partial charge in [0.05, 0.1) is 5.69 Å². The molecule has 0 aliphatic rings. The molecule has 0 aromatic carbocycles. The number of nitrogens with zero attached hydrogens (tertiary/aromatic N) is 1. The molecular weight excluding hydrogens is 200 g/mol. The predicted octanol–water partition coefficient (Wildman–Crippen LogP) is -0.0752. The first-order valence-corrected chi connectivity index (χ1v) is 3.86. The largest absolute Gasteiger partial charge is 0.480 e. The molecule has 1 atom stereocenters. The molecule has 1 unspecified atom stereocenters. The van der Waals surface area contributed by atoms with Crippen molar-refractivity contribution in [3.05, 3.63) is 22.1 Å². The number of aliphatic carboxylic acids is 1. The molecule has 66 valence electrons. The third kappa shape index (κ3) is 1.67. The lowest BCUT2D eigenvalue weighted by Gasteiger charge is -1.99. The van der Waals surface area contributed by atoms with Gasteiger partial charge >= 0.3 is 5.97 Å². The highest BCUT2D eigenvalue weighted by molar-refractivity contribution is 7.81. The molecule has 0 radical (unpaired) electrons. The van der Waals surface area contributed by atoms with E-state index in [1.807, 2.05) is 0 Å². The Kier molecular flexibility index (Phi) is 2.53. The van der Waals surface area contributed by atoms with Crippen LogP contribution in [0.3, 0.4) is 0 Å². The third-order valence-electron chi connectivity index (χ3n) is 1.25. The lowest BCUT2D eigenvalue weighted by atomic mass is 10.3. The Balaban J connectivity index is 3.04. The van der Waals surface area contributed by atoms with Crippen molar-refractivity contribution >= 4 is 31.4 Å². The van der Waals surface area contributed by atoms with Crippen LogP contribution in [-0.2, 0) is 4.79 Å². The first-order chi connectivity index (χ1) is 5.52. The first kappa shape index (κ1) is 9.27. The summed E-state index contributed by atoms with van der Waals surface area (Å²) in [6, 6.07) is 1.14. The van der Waals surface area contributed by atoms with Crippen LogP contribution in [0.4, 0.5) is 0 Å². The third-order valence-corrected chi connectivity index (χ3v) is 2.05. The minimum absolute atomic E-state index is 0.214. The second-order valence-electron chi connectivity index (χ2n) is 2.10. The molecule has 0 saturated heterocycles. The number of carbonyl (C=O) groups is 1. The van der Waals surface area contributed by atoms with Crippen molar-refractivity contribution in [1.29, 1.82) is 0 Å². The zero-order chi connectivity index (χ0) is 9.30. The number of thiol groups is 2. The maximum Gasteiger partial charge on any atom is 0.322 e. The average Bonchev–Trinajstić information content (AvgIpc) is 2.30. The number of H-pyrrole nitrogens is 1. The van der Waals surface area contributed by atoms with Crippen molar-refractivity contribution in [3.63, 3.8) is 0 Å². The van der Waals surface area contributed by atoms with Crippen LogP contribution in [-0.4, -0.2) is 20.3 Å². The predicted molar refractivity (Wildman–Crippen MR) is 48.8 cm³/mol. The topological polar surface area (TPSA) is 75.1 Å². The first-order valence-electron chi connectivity index (χ1n) is 2.94. The van der Waals surface area contributed by atoms with Gasteiger partial charge < -0.3 is 5.11 Å². The molecule has 1 aromatic heterocycles. The van der Waals surface area contributed by atoms with E-state index < -0.39 is 16.8 Å². The standard InChI is InChI=1S/C5H6N2O3S2/c8-3-1-2(6-7(3)12)4(11)5(9)10/h1,4,6,11-12H,(H,9,10). The van der Waals surface area contributed by atoms with Gasteiger partial charge in [-0.3, -0.25) is 14.7 Å². The molecule has 0 spiro atoms. The number of hydrogen-bond donors (Lipinski definition) is 4. The fourth-order valence-corrected chi connectivity index (χ4v) is 0.982. The number of carboxylic acid groups (broad SMARTS) is 1. The Morgan fingerprint density at radius 2 is 2.33 bits per heavy atom. The Hall–Kier alpha value is -0.820. The zero-order valence-electron chi connectivity index (χ0n) is 5.76. The van der Waals surface area contributed by atoms with Crippen LogP contribution >= 0.6 is 25.4 Å². The molecule has 0 aliphatic carbocycles. The fraction of sp³-hybridized carbons (Fsp3) is 0.200. The zero-order valence-corrected chi connectivity index (χ0v) is 7.55. The quantitative estimate of drug-likeness (QED) is 0.511. The molecule has 0 aliphatic heterocycles. The smallest absolute Gasteiger partial charge is 0.322 e. The van der Waals surface area contributed by atoms with Crippen molar-refractivity contribution in [2.45, 2.75) is 5.25 Å². The summed E-state index contributed by atoms with van der Waals surface area (Å²) in [5.74, 6) is -1.12. The minimum Gasteiger partial charge on any atom is -0.480 e. The molecular formula is C5H6N2O3S2. The lowest BCUT2D eigenvalue weighted by molar-refractivity contribution is -0.136. The maximum absolute atomic E-state index is 10.8. The van der Waals surface area contributed by atoms with Crippen LogP contribution in [0.15, 0.2) is 10.9 Å². The van der Waals surface area contributed by atoms with E-state index >= 15 is 0 Å². The molecule has 0 fully saturated rings. The van der Waals surface area contributed by atoms with Gasteiger partial charge in [-0.25, -0.2) is 0 Å². The number of carboxylic acids is 1. The van der Waals surface area contributed by atoms with Gasteiger partial charge in [-0.15, -0.1) is 0 Å². The SMILES string of the molecule is O=C(O)C(S)c1cc(=O)n(S)[nH]1. The van der Waals surface area contributed by atoms with Crippen LogP contribution in [0.5, 0.6) is 0 Å². The van der Waals surface area contributed by atoms with E-state index in [9.17, 15) is 9.59 Å². The Morgan fingerprint density at radius 3 is 2.67 bits per heavy atom. The van der Waals surface area contributed by atoms with E-state index in [1.165, 1.54) is 0 Å². The Morgan fingerprint density at radius 1 is 1.75 bits per heavy atom. The normalized spacial score (nSPS) is 12.8. The van der Waals surface area contributed by atoms with Gasteiger partial charge in [0.2, 0.25) is 0 Å². The molecule has 2 N–H and O–H groups in total. The van der Waals surface area contributed by atoms with E-state index in [4.69, 9.17) is 5.11 Å². The summed E-state index contributed by atoms with van der Waals surface area (Å²) in [7, 11) is 0. The molecule has 1 heterocycles. The summed E-state index contributed by atoms with van der Waals surface area (Å²) in [5, 5.41) is 9.92. The lowest BCUT2D eigenvalue weighted by Crippen LogP contribution is -2.05. The fourth-order valence-electron chi connectivity index (χ4n) is 0.677. The van der Waals surface area contributed by atoms with Crippen molar-refractivity contribution in [2.75, 3.05) is 0 Å². The molecule has 0 saturated carbocycles. The number of aromatic amines is 1. The molecule has 5 nitrogen and oxygen atoms in total. The van der Waals surface area contributed by atoms with Crippen molar-refractivity contribution < 1.29 is 9.90 Å². The maximum atomic E-state index is 10.8. The van der Waals surface area contributed by atoms with Gasteiger partial charge in [0.25, 0.3) is 5.56 Å². The van der Waals surface area contributed by atoms with Crippen LogP contribution in [0.2, 0.25) is 0 Å². The van der Waals surface area contributed by atoms with Gasteiger partial charge in [0.1, 0.15) is 5.25 Å². The molecule has 12 heavy (non-hydrogen) atoms. The molecule has 0 amide bonds. The van der Waals surface area contributed by atoms with Gasteiger partial charge in [-0.2, -0.15) is 16.7 Å². The number of nitrogens with one attached hydrogen (secondary N) is 1. The highest BCUT2D eigenvalue weighted by Gasteiger charge is 2.17. The van der Waals surface area contributed by atoms with Gasteiger partial charge in [0, 0.05) is 6.07 Å². The van der Waals surface area contributed by atoms with Crippen LogP contribution in [0.1, 0.15) is 10.9 Å². The van der Waals surface area contributed by atoms with Crippen LogP contribution < -0.4 is 5.56 Å². The highest BCUT2D eigenvalue weighted by atomic mass is 32.1. The van der Waals surface area contributed by atoms with Gasteiger partial charge in [-0.1, -0.05) is 0 Å². The summed E-state index contributed by atoms with van der Waals surface area (Å²) < 4.78 is 0.890. The van der Waals surface area contributed by atoms with Crippen LogP contribution in [0, 0.1) is 0 Å². The molecule has 0 bridgehead atoms. The van der Waals surface area contributed by atoms with Crippen molar-refractivity contribution in [2.24, 2.45) is 0 Å². The summed E-state index contributed by atoms with van der Waals surface area (Å²) >= 11 is 7.46. The highest BCUT2D eigenvalue weighted by Crippen LogP contribution is 2.15. The summed E-state index contributed by atoms with van der Waals surface area (Å²) in [4.78, 5) is 21.2. The van der Waals surface area contributed by atoms with E-state index in [0.717, 1.165) is 10.2 Å². The van der Waals surface area contributed by atoms with Crippen LogP contribution in [0.25, 0.3) is 0 Å². The second kappa shape index (κ2) is 3.28. The molecule has 7 heteroatoms. The molecule has 1 aromatic rings. The van der Waals surface area contributed by atoms with Crippen molar-refractivity contribution in [1.82, 2.24) is 9.19 Å². The summed E-state index contributed by atoms with van der Waals surface area (Å²) in [6.07, 6.45) is 0. The number of hydrogen-bond acceptors (Lipinski definition) is 4. The van der Waals surface area contributed by atoms with E-state index in [-0.39, 0.29) is 5.69 Å². The van der Waals surface area contributed by atoms with Crippen molar-refractivity contribution in [3.8, 4) is 0 Å². The number of rotatable bonds is 2. The molecule has 1 rings (SSSR count). The number of aromatic nitrogens is 2. The average molecular weight is 206 g/mol. The Bertz CT molecular complexity index is 356. The summed E-state index contributed by atoms with van der Waals surface area (Å²) in [6.45, 7) is 0. The minimum atomic E-state index is -1.12. The van der Waals surface area contributed by atoms with Gasteiger partial charge in [-0.05, 0) is 12.8 Å². The van der Waals surface area contributed by atoms with E-state index in [0.29, 0.717) is 0 Å². The Labute approximate surface area is 78.3 Å². The monoisotopic (exact) mass is 206 g/mol. The van der Waals surface area contributed by atoms with Gasteiger partial charge in [0.15, 0.2) is 0 Å². The second-order valence-corrected chi connectivity index (χ2v) is 3.02. The van der Waals surface area contributed by atoms with E-state index in [1.54, 1.807) is 0 Å². The van der Waals surface area contributed by atoms with E-state index in [2.05, 4.69) is 30.5 Å². The summed E-state index contributed by atoms with van der Waals surface area (Å²) in [5.41, 5.74) is -0.195.